The summed E-state index contributed by atoms with van der Waals surface area (Å²) in [7, 11) is -2.11. The van der Waals surface area contributed by atoms with E-state index in [-0.39, 0.29) is 46.0 Å². The second-order valence-electron chi connectivity index (χ2n) is 14.1. The monoisotopic (exact) mass is 630 g/mol. The van der Waals surface area contributed by atoms with Crippen molar-refractivity contribution in [2.75, 3.05) is 12.5 Å². The highest BCUT2D eigenvalue weighted by Crippen LogP contribution is 2.61. The Balaban J connectivity index is 2.32. The fourth-order valence-corrected chi connectivity index (χ4v) is 9.22. The highest BCUT2D eigenvalue weighted by molar-refractivity contribution is 8.22. The van der Waals surface area contributed by atoms with Gasteiger partial charge in [-0.1, -0.05) is 77.2 Å². The maximum atomic E-state index is 11.1. The van der Waals surface area contributed by atoms with Gasteiger partial charge in [-0.2, -0.15) is 0 Å². The van der Waals surface area contributed by atoms with Gasteiger partial charge >= 0.3 is 0 Å². The standard InChI is InChI=1S/C30H50O4S4Si/c1-17-15-20(32-26(35)37-9)24-25(33-27(36)38-10)23-18(2)19(31)13-14-30(23,8)16-21(22(17)29(24,6)7)34-39(11,12)28(3,4)5/h19-21,23-25,31H,2,13-16H2,1,3-12H3/t19-,20-,21-,23-,24-,25-,30-/m0/s1. The van der Waals surface area contributed by atoms with Crippen molar-refractivity contribution in [3.63, 3.8) is 0 Å². The number of thioether (sulfide) groups is 2. The fraction of sp³-hybridized carbons (Fsp3) is 0.800. The molecule has 39 heavy (non-hydrogen) atoms. The maximum absolute atomic E-state index is 11.1. The molecular formula is C30H50O4S4Si. The lowest BCUT2D eigenvalue weighted by Crippen LogP contribution is -2.61. The van der Waals surface area contributed by atoms with Crippen molar-refractivity contribution in [2.24, 2.45) is 22.7 Å². The van der Waals surface area contributed by atoms with Gasteiger partial charge in [0.1, 0.15) is 12.2 Å². The van der Waals surface area contributed by atoms with Crippen molar-refractivity contribution in [3.8, 4) is 0 Å². The number of aliphatic hydroxyl groups is 1. The number of ether oxygens (including phenoxy) is 2. The predicted octanol–water partition coefficient (Wildman–Crippen LogP) is 8.54. The summed E-state index contributed by atoms with van der Waals surface area (Å²) >= 11 is 14.2. The molecule has 222 valence electrons. The summed E-state index contributed by atoms with van der Waals surface area (Å²) in [6, 6.07) is 0. The molecule has 0 unspecified atom stereocenters. The van der Waals surface area contributed by atoms with Gasteiger partial charge < -0.3 is 19.0 Å². The van der Waals surface area contributed by atoms with Crippen LogP contribution in [0.2, 0.25) is 18.1 Å². The molecule has 2 bridgehead atoms. The number of hydrogen-bond acceptors (Lipinski definition) is 8. The van der Waals surface area contributed by atoms with Crippen LogP contribution in [-0.2, 0) is 13.9 Å². The minimum absolute atomic E-state index is 0.0270. The molecule has 0 amide bonds. The third-order valence-electron chi connectivity index (χ3n) is 10.2. The molecule has 4 nitrogen and oxygen atoms in total. The minimum Gasteiger partial charge on any atom is -0.474 e. The van der Waals surface area contributed by atoms with Crippen molar-refractivity contribution in [1.29, 1.82) is 0 Å². The summed E-state index contributed by atoms with van der Waals surface area (Å²) in [6.45, 7) is 25.4. The van der Waals surface area contributed by atoms with Gasteiger partial charge in [-0.3, -0.25) is 0 Å². The predicted molar refractivity (Wildman–Crippen MR) is 179 cm³/mol. The number of thiocarbonyl (C=S) groups is 2. The van der Waals surface area contributed by atoms with Gasteiger partial charge in [0.2, 0.25) is 8.77 Å². The first-order chi connectivity index (χ1) is 17.8. The zero-order chi connectivity index (χ0) is 29.7. The zero-order valence-electron chi connectivity index (χ0n) is 25.8. The van der Waals surface area contributed by atoms with Gasteiger partial charge in [-0.15, -0.1) is 0 Å². The van der Waals surface area contributed by atoms with E-state index in [9.17, 15) is 5.11 Å². The van der Waals surface area contributed by atoms with E-state index in [0.29, 0.717) is 15.2 Å². The lowest BCUT2D eigenvalue weighted by atomic mass is 9.50. The third-order valence-corrected chi connectivity index (χ3v) is 16.7. The fourth-order valence-electron chi connectivity index (χ4n) is 7.30. The van der Waals surface area contributed by atoms with E-state index in [2.05, 4.69) is 68.1 Å². The van der Waals surface area contributed by atoms with E-state index in [4.69, 9.17) is 38.3 Å². The van der Waals surface area contributed by atoms with Crippen LogP contribution in [0.3, 0.4) is 0 Å². The molecule has 0 saturated heterocycles. The highest BCUT2D eigenvalue weighted by atomic mass is 32.2. The average Bonchev–Trinajstić information content (AvgIpc) is 2.79. The lowest BCUT2D eigenvalue weighted by Gasteiger charge is -2.60. The van der Waals surface area contributed by atoms with Gasteiger partial charge in [0.05, 0.1) is 12.2 Å². The van der Waals surface area contributed by atoms with E-state index >= 15 is 0 Å². The molecule has 0 aromatic heterocycles. The van der Waals surface area contributed by atoms with Gasteiger partial charge in [-0.05, 0) is 103 Å². The SMILES string of the molecule is C=C1[C@@H](O)CC[C@@]2(C)C[C@H](O[Si](C)(C)C(C)(C)C)C3=C(C)C[C@H](OC(=S)SC)[C@@H]([C@@H](OC(=S)SC)[C@H]12)C3(C)C. The number of hydrogen-bond donors (Lipinski definition) is 1. The molecule has 1 N–H and O–H groups in total. The largest absolute Gasteiger partial charge is 0.474 e. The molecule has 9 heteroatoms. The number of rotatable bonds is 4. The Morgan fingerprint density at radius 3 is 2.18 bits per heavy atom. The summed E-state index contributed by atoms with van der Waals surface area (Å²) in [4.78, 5) is 0. The maximum Gasteiger partial charge on any atom is 0.219 e. The van der Waals surface area contributed by atoms with E-state index in [0.717, 1.165) is 24.8 Å². The highest BCUT2D eigenvalue weighted by Gasteiger charge is 2.61. The van der Waals surface area contributed by atoms with Crippen molar-refractivity contribution in [1.82, 2.24) is 0 Å². The molecule has 0 radical (unpaired) electrons. The van der Waals surface area contributed by atoms with Gasteiger partial charge in [0.15, 0.2) is 8.32 Å². The van der Waals surface area contributed by atoms with Crippen molar-refractivity contribution in [3.05, 3.63) is 23.3 Å². The molecule has 3 aliphatic carbocycles. The summed E-state index contributed by atoms with van der Waals surface area (Å²) in [5, 5.41) is 11.2. The van der Waals surface area contributed by atoms with Crippen LogP contribution in [0, 0.1) is 22.7 Å². The van der Waals surface area contributed by atoms with E-state index in [1.54, 1.807) is 0 Å². The first kappa shape index (κ1) is 33.6. The molecule has 0 aromatic carbocycles. The summed E-state index contributed by atoms with van der Waals surface area (Å²) in [5.74, 6) is -0.168. The topological polar surface area (TPSA) is 47.9 Å². The van der Waals surface area contributed by atoms with Crippen molar-refractivity contribution >= 4 is 65.0 Å². The van der Waals surface area contributed by atoms with Crippen molar-refractivity contribution < 1.29 is 19.0 Å². The van der Waals surface area contributed by atoms with E-state index in [1.807, 2.05) is 12.5 Å². The van der Waals surface area contributed by atoms with Crippen molar-refractivity contribution in [2.45, 2.75) is 117 Å². The van der Waals surface area contributed by atoms with E-state index in [1.165, 1.54) is 34.7 Å². The van der Waals surface area contributed by atoms with Crippen LogP contribution < -0.4 is 0 Å². The van der Waals surface area contributed by atoms with E-state index < -0.39 is 14.4 Å². The molecule has 0 spiro atoms. The Bertz CT molecular complexity index is 1020. The zero-order valence-corrected chi connectivity index (χ0v) is 30.1. The first-order valence-electron chi connectivity index (χ1n) is 14.0. The van der Waals surface area contributed by atoms with Crippen LogP contribution in [0.15, 0.2) is 23.3 Å². The van der Waals surface area contributed by atoms with Gasteiger partial charge in [0, 0.05) is 18.3 Å². The molecule has 0 aromatic rings. The Morgan fingerprint density at radius 1 is 1.08 bits per heavy atom. The first-order valence-corrected chi connectivity index (χ1v) is 20.2. The summed E-state index contributed by atoms with van der Waals surface area (Å²) < 4.78 is 21.7. The van der Waals surface area contributed by atoms with Crippen LogP contribution in [0.4, 0.5) is 0 Å². The molecular weight excluding hydrogens is 581 g/mol. The number of aliphatic hydroxyl groups excluding tert-OH is 1. The normalized spacial score (nSPS) is 35.0. The summed E-state index contributed by atoms with van der Waals surface area (Å²) in [5.41, 5.74) is 3.05. The second-order valence-corrected chi connectivity index (χ2v) is 21.7. The average molecular weight is 631 g/mol. The number of fused-ring (bicyclic) bond motifs is 3. The molecule has 3 aliphatic rings. The smallest absolute Gasteiger partial charge is 0.219 e. The Kier molecular flexibility index (Phi) is 10.3. The second kappa shape index (κ2) is 12.0. The quantitative estimate of drug-likeness (QED) is 0.188. The molecule has 0 aliphatic heterocycles. The van der Waals surface area contributed by atoms with Gasteiger partial charge in [0.25, 0.3) is 0 Å². The third kappa shape index (κ3) is 6.54. The molecule has 7 atom stereocenters. The molecule has 2 fully saturated rings. The van der Waals surface area contributed by atoms with Crippen LogP contribution >= 0.6 is 48.0 Å². The molecule has 3 rings (SSSR count). The molecule has 0 heterocycles. The Hall–Kier alpha value is 0.0969. The van der Waals surface area contributed by atoms with Crippen LogP contribution in [0.5, 0.6) is 0 Å². The molecule has 2 saturated carbocycles. The Labute approximate surface area is 258 Å². The van der Waals surface area contributed by atoms with Crippen LogP contribution in [-0.4, -0.2) is 59.1 Å². The van der Waals surface area contributed by atoms with Crippen LogP contribution in [0.25, 0.3) is 0 Å². The van der Waals surface area contributed by atoms with Gasteiger partial charge in [-0.25, -0.2) is 0 Å². The Morgan fingerprint density at radius 2 is 1.64 bits per heavy atom. The lowest BCUT2D eigenvalue weighted by molar-refractivity contribution is -0.110. The minimum atomic E-state index is -2.11. The van der Waals surface area contributed by atoms with Crippen LogP contribution in [0.1, 0.15) is 74.1 Å². The summed E-state index contributed by atoms with van der Waals surface area (Å²) in [6.07, 6.45) is 6.02.